The van der Waals surface area contributed by atoms with E-state index >= 15 is 0 Å². The van der Waals surface area contributed by atoms with Gasteiger partial charge in [-0.3, -0.25) is 4.79 Å². The molecule has 0 radical (unpaired) electrons. The first-order chi connectivity index (χ1) is 17.9. The SMILES string of the molecule is CCCn1ccc(-c2nn[nH]n2)c1-c1ccc(Cn2c(CC)nc3c(C)cc(C(=O)N(C)C)nc32)cc1. The van der Waals surface area contributed by atoms with E-state index in [4.69, 9.17) is 9.97 Å². The van der Waals surface area contributed by atoms with E-state index in [2.05, 4.69) is 74.1 Å². The van der Waals surface area contributed by atoms with Crippen molar-refractivity contribution in [2.75, 3.05) is 14.1 Å². The average Bonchev–Trinajstić information content (AvgIpc) is 3.64. The third-order valence-corrected chi connectivity index (χ3v) is 6.50. The van der Waals surface area contributed by atoms with Crippen molar-refractivity contribution in [3.8, 4) is 22.6 Å². The van der Waals surface area contributed by atoms with Crippen LogP contribution in [0.5, 0.6) is 0 Å². The van der Waals surface area contributed by atoms with Crippen LogP contribution in [-0.2, 0) is 19.5 Å². The molecular formula is C27H31N9O. The number of hydrogen-bond donors (Lipinski definition) is 1. The van der Waals surface area contributed by atoms with Gasteiger partial charge in [0.25, 0.3) is 5.91 Å². The first kappa shape index (κ1) is 24.4. The zero-order chi connectivity index (χ0) is 26.1. The van der Waals surface area contributed by atoms with Gasteiger partial charge < -0.3 is 14.0 Å². The van der Waals surface area contributed by atoms with Gasteiger partial charge in [0.15, 0.2) is 5.65 Å². The molecule has 190 valence electrons. The predicted octanol–water partition coefficient (Wildman–Crippen LogP) is 4.11. The smallest absolute Gasteiger partial charge is 0.272 e. The van der Waals surface area contributed by atoms with E-state index in [9.17, 15) is 4.79 Å². The molecule has 0 fully saturated rings. The van der Waals surface area contributed by atoms with Crippen LogP contribution in [0.15, 0.2) is 42.6 Å². The van der Waals surface area contributed by atoms with Crippen molar-refractivity contribution in [1.29, 1.82) is 0 Å². The number of aromatic amines is 1. The zero-order valence-corrected chi connectivity index (χ0v) is 21.9. The largest absolute Gasteiger partial charge is 0.347 e. The fourth-order valence-electron chi connectivity index (χ4n) is 4.69. The molecule has 0 atom stereocenters. The molecule has 5 rings (SSSR count). The summed E-state index contributed by atoms with van der Waals surface area (Å²) in [6, 6.07) is 12.4. The third-order valence-electron chi connectivity index (χ3n) is 6.50. The van der Waals surface area contributed by atoms with Crippen LogP contribution in [0.2, 0.25) is 0 Å². The highest BCUT2D eigenvalue weighted by atomic mass is 16.2. The molecule has 1 amide bonds. The number of nitrogens with zero attached hydrogens (tertiary/aromatic N) is 8. The van der Waals surface area contributed by atoms with Gasteiger partial charge in [-0.1, -0.05) is 38.1 Å². The normalized spacial score (nSPS) is 11.4. The van der Waals surface area contributed by atoms with Crippen LogP contribution in [0.4, 0.5) is 0 Å². The van der Waals surface area contributed by atoms with Crippen LogP contribution in [0.3, 0.4) is 0 Å². The Kier molecular flexibility index (Phi) is 6.56. The van der Waals surface area contributed by atoms with Gasteiger partial charge in [-0.15, -0.1) is 10.2 Å². The number of carbonyl (C=O) groups is 1. The monoisotopic (exact) mass is 497 g/mol. The van der Waals surface area contributed by atoms with Crippen LogP contribution >= 0.6 is 0 Å². The number of fused-ring (bicyclic) bond motifs is 1. The first-order valence-corrected chi connectivity index (χ1v) is 12.5. The Bertz CT molecular complexity index is 1540. The Labute approximate surface area is 215 Å². The zero-order valence-electron chi connectivity index (χ0n) is 21.9. The summed E-state index contributed by atoms with van der Waals surface area (Å²) < 4.78 is 4.35. The number of aryl methyl sites for hydroxylation is 3. The summed E-state index contributed by atoms with van der Waals surface area (Å²) in [4.78, 5) is 23.8. The van der Waals surface area contributed by atoms with Crippen molar-refractivity contribution in [2.24, 2.45) is 0 Å². The number of benzene rings is 1. The number of aromatic nitrogens is 8. The number of carbonyl (C=O) groups excluding carboxylic acids is 1. The van der Waals surface area contributed by atoms with Crippen molar-refractivity contribution in [1.82, 2.24) is 44.6 Å². The molecule has 0 aliphatic carbocycles. The summed E-state index contributed by atoms with van der Waals surface area (Å²) in [5.74, 6) is 1.41. The van der Waals surface area contributed by atoms with Crippen LogP contribution in [0.1, 0.15) is 47.7 Å². The number of pyridine rings is 1. The third kappa shape index (κ3) is 4.50. The molecule has 4 aromatic heterocycles. The van der Waals surface area contributed by atoms with E-state index in [1.54, 1.807) is 19.0 Å². The van der Waals surface area contributed by atoms with Crippen LogP contribution in [-0.4, -0.2) is 64.6 Å². The Balaban J connectivity index is 1.52. The number of H-pyrrole nitrogens is 1. The summed E-state index contributed by atoms with van der Waals surface area (Å²) in [5.41, 5.74) is 7.18. The van der Waals surface area contributed by atoms with Gasteiger partial charge in [0.2, 0.25) is 5.82 Å². The van der Waals surface area contributed by atoms with Crippen molar-refractivity contribution in [3.05, 3.63) is 65.2 Å². The molecule has 5 aromatic rings. The molecule has 1 N–H and O–H groups in total. The fourth-order valence-corrected chi connectivity index (χ4v) is 4.69. The summed E-state index contributed by atoms with van der Waals surface area (Å²) in [6.45, 7) is 7.74. The lowest BCUT2D eigenvalue weighted by atomic mass is 10.0. The maximum atomic E-state index is 12.6. The number of hydrogen-bond acceptors (Lipinski definition) is 6. The molecule has 0 unspecified atom stereocenters. The highest BCUT2D eigenvalue weighted by Gasteiger charge is 2.19. The van der Waals surface area contributed by atoms with Crippen LogP contribution in [0.25, 0.3) is 33.8 Å². The van der Waals surface area contributed by atoms with Gasteiger partial charge in [-0.05, 0) is 47.4 Å². The number of nitrogens with one attached hydrogen (secondary N) is 1. The molecule has 0 aliphatic rings. The lowest BCUT2D eigenvalue weighted by Gasteiger charge is -2.13. The topological polar surface area (TPSA) is 110 Å². The maximum Gasteiger partial charge on any atom is 0.272 e. The second-order valence-electron chi connectivity index (χ2n) is 9.37. The Hall–Kier alpha value is -4.34. The lowest BCUT2D eigenvalue weighted by molar-refractivity contribution is 0.0822. The van der Waals surface area contributed by atoms with Crippen LogP contribution in [0, 0.1) is 6.92 Å². The maximum absolute atomic E-state index is 12.6. The number of amides is 1. The molecule has 0 saturated heterocycles. The second-order valence-corrected chi connectivity index (χ2v) is 9.37. The van der Waals surface area contributed by atoms with E-state index in [0.29, 0.717) is 18.1 Å². The molecule has 37 heavy (non-hydrogen) atoms. The summed E-state index contributed by atoms with van der Waals surface area (Å²) in [6.07, 6.45) is 3.86. The van der Waals surface area contributed by atoms with Crippen LogP contribution < -0.4 is 0 Å². The number of rotatable bonds is 8. The number of tetrazole rings is 1. The summed E-state index contributed by atoms with van der Waals surface area (Å²) in [7, 11) is 3.47. The summed E-state index contributed by atoms with van der Waals surface area (Å²) >= 11 is 0. The van der Waals surface area contributed by atoms with E-state index in [-0.39, 0.29) is 5.91 Å². The van der Waals surface area contributed by atoms with E-state index < -0.39 is 0 Å². The molecule has 0 bridgehead atoms. The van der Waals surface area contributed by atoms with Crippen molar-refractivity contribution >= 4 is 17.1 Å². The first-order valence-electron chi connectivity index (χ1n) is 12.5. The molecule has 0 spiro atoms. The van der Waals surface area contributed by atoms with Gasteiger partial charge in [0, 0.05) is 38.8 Å². The Morgan fingerprint density at radius 1 is 1.08 bits per heavy atom. The number of imidazole rings is 1. The van der Waals surface area contributed by atoms with Gasteiger partial charge in [-0.2, -0.15) is 5.21 Å². The molecule has 10 nitrogen and oxygen atoms in total. The summed E-state index contributed by atoms with van der Waals surface area (Å²) in [5, 5.41) is 14.7. The minimum Gasteiger partial charge on any atom is -0.347 e. The van der Waals surface area contributed by atoms with Gasteiger partial charge in [0.1, 0.15) is 17.0 Å². The highest BCUT2D eigenvalue weighted by Crippen LogP contribution is 2.32. The van der Waals surface area contributed by atoms with Gasteiger partial charge in [-0.25, -0.2) is 9.97 Å². The lowest BCUT2D eigenvalue weighted by Crippen LogP contribution is -2.23. The molecule has 4 heterocycles. The minimum absolute atomic E-state index is 0.118. The van der Waals surface area contributed by atoms with Crippen molar-refractivity contribution in [2.45, 2.75) is 46.7 Å². The van der Waals surface area contributed by atoms with Gasteiger partial charge in [0.05, 0.1) is 12.2 Å². The van der Waals surface area contributed by atoms with Gasteiger partial charge >= 0.3 is 0 Å². The Morgan fingerprint density at radius 3 is 2.51 bits per heavy atom. The molecule has 0 aliphatic heterocycles. The second kappa shape index (κ2) is 9.96. The molecule has 0 saturated carbocycles. The highest BCUT2D eigenvalue weighted by molar-refractivity contribution is 5.94. The van der Waals surface area contributed by atoms with Crippen molar-refractivity contribution < 1.29 is 4.79 Å². The molecule has 1 aromatic carbocycles. The Morgan fingerprint density at radius 2 is 1.86 bits per heavy atom. The van der Waals surface area contributed by atoms with E-state index in [1.165, 1.54) is 0 Å². The quantitative estimate of drug-likeness (QED) is 0.345. The molecule has 10 heteroatoms. The average molecular weight is 498 g/mol. The minimum atomic E-state index is -0.118. The molecular weight excluding hydrogens is 466 g/mol. The standard InChI is InChI=1S/C27H31N9O/c1-6-13-35-14-12-20(25-30-32-33-31-25)24(35)19-10-8-18(9-11-19)16-36-22(7-2)29-23-17(3)15-21(28-26(23)36)27(37)34(4)5/h8-12,14-15H,6-7,13,16H2,1-5H3,(H,30,31,32,33). The fraction of sp³-hybridized carbons (Fsp3) is 0.333. The van der Waals surface area contributed by atoms with E-state index in [1.807, 2.05) is 19.1 Å². The van der Waals surface area contributed by atoms with E-state index in [0.717, 1.165) is 64.3 Å². The predicted molar refractivity (Wildman–Crippen MR) is 142 cm³/mol. The van der Waals surface area contributed by atoms with Crippen molar-refractivity contribution in [3.63, 3.8) is 0 Å².